The van der Waals surface area contributed by atoms with Gasteiger partial charge in [0, 0.05) is 29.4 Å². The zero-order valence-electron chi connectivity index (χ0n) is 15.0. The predicted molar refractivity (Wildman–Crippen MR) is 105 cm³/mol. The van der Waals surface area contributed by atoms with Crippen molar-refractivity contribution in [3.05, 3.63) is 64.7 Å². The first kappa shape index (κ1) is 18.5. The summed E-state index contributed by atoms with van der Waals surface area (Å²) < 4.78 is 0. The third-order valence-corrected chi connectivity index (χ3v) is 4.90. The first-order chi connectivity index (χ1) is 12.5. The van der Waals surface area contributed by atoms with E-state index in [2.05, 4.69) is 0 Å². The standard InChI is InChI=1S/C21H23ClN2O2/c1-16-8-10-19(11-9-16)24(15-20(25)23-12-3-2-4-13-23)21(26)17-6-5-7-18(22)14-17/h5-11,14H,2-4,12-13,15H2,1H3. The zero-order valence-corrected chi connectivity index (χ0v) is 15.7. The van der Waals surface area contributed by atoms with Crippen molar-refractivity contribution in [1.29, 1.82) is 0 Å². The molecule has 1 heterocycles. The van der Waals surface area contributed by atoms with Gasteiger partial charge in [0.25, 0.3) is 5.91 Å². The highest BCUT2D eigenvalue weighted by Gasteiger charge is 2.24. The van der Waals surface area contributed by atoms with Crippen LogP contribution in [0.2, 0.25) is 5.02 Å². The molecule has 0 spiro atoms. The van der Waals surface area contributed by atoms with Crippen molar-refractivity contribution in [2.45, 2.75) is 26.2 Å². The topological polar surface area (TPSA) is 40.6 Å². The average molecular weight is 371 g/mol. The Labute approximate surface area is 159 Å². The van der Waals surface area contributed by atoms with Crippen molar-refractivity contribution < 1.29 is 9.59 Å². The Bertz CT molecular complexity index is 783. The first-order valence-corrected chi connectivity index (χ1v) is 9.34. The minimum atomic E-state index is -0.221. The molecule has 0 saturated carbocycles. The molecule has 1 aliphatic rings. The fourth-order valence-electron chi connectivity index (χ4n) is 3.16. The molecule has 26 heavy (non-hydrogen) atoms. The summed E-state index contributed by atoms with van der Waals surface area (Å²) in [5, 5.41) is 0.502. The summed E-state index contributed by atoms with van der Waals surface area (Å²) in [7, 11) is 0. The van der Waals surface area contributed by atoms with E-state index in [0.29, 0.717) is 16.3 Å². The summed E-state index contributed by atoms with van der Waals surface area (Å²) in [4.78, 5) is 29.3. The fraction of sp³-hybridized carbons (Fsp3) is 0.333. The highest BCUT2D eigenvalue weighted by molar-refractivity contribution is 6.31. The summed E-state index contributed by atoms with van der Waals surface area (Å²) >= 11 is 6.04. The summed E-state index contributed by atoms with van der Waals surface area (Å²) in [5.41, 5.74) is 2.29. The van der Waals surface area contributed by atoms with Gasteiger partial charge >= 0.3 is 0 Å². The molecule has 1 aliphatic heterocycles. The van der Waals surface area contributed by atoms with Crippen molar-refractivity contribution in [1.82, 2.24) is 4.90 Å². The number of amides is 2. The van der Waals surface area contributed by atoms with Gasteiger partial charge in [0.1, 0.15) is 6.54 Å². The van der Waals surface area contributed by atoms with E-state index in [0.717, 1.165) is 37.9 Å². The van der Waals surface area contributed by atoms with Gasteiger partial charge in [-0.25, -0.2) is 0 Å². The summed E-state index contributed by atoms with van der Waals surface area (Å²) in [5.74, 6) is -0.234. The number of carbonyl (C=O) groups is 2. The number of piperidine rings is 1. The van der Waals surface area contributed by atoms with Crippen LogP contribution in [0.25, 0.3) is 0 Å². The van der Waals surface area contributed by atoms with E-state index in [4.69, 9.17) is 11.6 Å². The number of benzene rings is 2. The maximum atomic E-state index is 13.1. The van der Waals surface area contributed by atoms with Gasteiger partial charge < -0.3 is 4.90 Å². The number of carbonyl (C=O) groups excluding carboxylic acids is 2. The second-order valence-corrected chi connectivity index (χ2v) is 7.12. The van der Waals surface area contributed by atoms with Crippen molar-refractivity contribution in [2.75, 3.05) is 24.5 Å². The van der Waals surface area contributed by atoms with Gasteiger partial charge in [0.15, 0.2) is 0 Å². The number of hydrogen-bond donors (Lipinski definition) is 0. The van der Waals surface area contributed by atoms with Crippen molar-refractivity contribution in [3.63, 3.8) is 0 Å². The summed E-state index contributed by atoms with van der Waals surface area (Å²) in [6.07, 6.45) is 3.21. The van der Waals surface area contributed by atoms with Crippen LogP contribution in [0.3, 0.4) is 0 Å². The lowest BCUT2D eigenvalue weighted by Crippen LogP contribution is -2.45. The maximum Gasteiger partial charge on any atom is 0.258 e. The largest absolute Gasteiger partial charge is 0.341 e. The Hall–Kier alpha value is -2.33. The molecule has 2 amide bonds. The Balaban J connectivity index is 1.87. The van der Waals surface area contributed by atoms with Gasteiger partial charge in [0.05, 0.1) is 0 Å². The molecular weight excluding hydrogens is 348 g/mol. The van der Waals surface area contributed by atoms with Crippen LogP contribution in [0.5, 0.6) is 0 Å². The number of hydrogen-bond acceptors (Lipinski definition) is 2. The molecule has 0 aliphatic carbocycles. The molecular formula is C21H23ClN2O2. The number of rotatable bonds is 4. The summed E-state index contributed by atoms with van der Waals surface area (Å²) in [6, 6.07) is 14.5. The number of likely N-dealkylation sites (tertiary alicyclic amines) is 1. The van der Waals surface area contributed by atoms with Crippen LogP contribution in [0.15, 0.2) is 48.5 Å². The molecule has 0 unspecified atom stereocenters. The van der Waals surface area contributed by atoms with Crippen LogP contribution in [0.4, 0.5) is 5.69 Å². The second-order valence-electron chi connectivity index (χ2n) is 6.68. The molecule has 0 radical (unpaired) electrons. The lowest BCUT2D eigenvalue weighted by atomic mass is 10.1. The van der Waals surface area contributed by atoms with E-state index in [1.165, 1.54) is 0 Å². The number of halogens is 1. The lowest BCUT2D eigenvalue weighted by molar-refractivity contribution is -0.130. The molecule has 3 rings (SSSR count). The van der Waals surface area contributed by atoms with Crippen molar-refractivity contribution in [3.8, 4) is 0 Å². The van der Waals surface area contributed by atoms with Gasteiger partial charge in [-0.2, -0.15) is 0 Å². The number of anilines is 1. The van der Waals surface area contributed by atoms with Gasteiger partial charge in [-0.3, -0.25) is 14.5 Å². The molecule has 0 aromatic heterocycles. The summed E-state index contributed by atoms with van der Waals surface area (Å²) in [6.45, 7) is 3.57. The van der Waals surface area contributed by atoms with Gasteiger partial charge in [-0.1, -0.05) is 35.4 Å². The van der Waals surface area contributed by atoms with Gasteiger partial charge in [0.2, 0.25) is 5.91 Å². The van der Waals surface area contributed by atoms with E-state index in [1.54, 1.807) is 29.2 Å². The van der Waals surface area contributed by atoms with Crippen LogP contribution >= 0.6 is 11.6 Å². The van der Waals surface area contributed by atoms with Crippen molar-refractivity contribution in [2.24, 2.45) is 0 Å². The normalized spacial score (nSPS) is 14.2. The van der Waals surface area contributed by atoms with Gasteiger partial charge in [-0.15, -0.1) is 0 Å². The minimum Gasteiger partial charge on any atom is -0.341 e. The molecule has 136 valence electrons. The molecule has 5 heteroatoms. The molecule has 0 bridgehead atoms. The Morgan fingerprint density at radius 3 is 2.38 bits per heavy atom. The third-order valence-electron chi connectivity index (χ3n) is 4.66. The Kier molecular flexibility index (Phi) is 5.94. The smallest absolute Gasteiger partial charge is 0.258 e. The quantitative estimate of drug-likeness (QED) is 0.804. The zero-order chi connectivity index (χ0) is 18.5. The van der Waals surface area contributed by atoms with E-state index in [9.17, 15) is 9.59 Å². The predicted octanol–water partition coefficient (Wildman–Crippen LogP) is 4.31. The van der Waals surface area contributed by atoms with E-state index >= 15 is 0 Å². The second kappa shape index (κ2) is 8.37. The number of aryl methyl sites for hydroxylation is 1. The van der Waals surface area contributed by atoms with E-state index in [1.807, 2.05) is 36.1 Å². The molecule has 0 N–H and O–H groups in total. The van der Waals surface area contributed by atoms with Crippen LogP contribution in [-0.2, 0) is 4.79 Å². The van der Waals surface area contributed by atoms with E-state index < -0.39 is 0 Å². The average Bonchev–Trinajstić information content (AvgIpc) is 2.67. The van der Waals surface area contributed by atoms with Crippen LogP contribution in [-0.4, -0.2) is 36.3 Å². The van der Waals surface area contributed by atoms with Gasteiger partial charge in [-0.05, 0) is 56.5 Å². The molecule has 1 fully saturated rings. The molecule has 2 aromatic rings. The van der Waals surface area contributed by atoms with Crippen LogP contribution < -0.4 is 4.90 Å². The Morgan fingerprint density at radius 1 is 1.04 bits per heavy atom. The Morgan fingerprint density at radius 2 is 1.73 bits per heavy atom. The molecule has 0 atom stereocenters. The van der Waals surface area contributed by atoms with Crippen molar-refractivity contribution >= 4 is 29.1 Å². The molecule has 2 aromatic carbocycles. The van der Waals surface area contributed by atoms with Crippen LogP contribution in [0, 0.1) is 6.92 Å². The molecule has 1 saturated heterocycles. The SMILES string of the molecule is Cc1ccc(N(CC(=O)N2CCCCC2)C(=O)c2cccc(Cl)c2)cc1. The number of nitrogens with zero attached hydrogens (tertiary/aromatic N) is 2. The lowest BCUT2D eigenvalue weighted by Gasteiger charge is -2.30. The fourth-order valence-corrected chi connectivity index (χ4v) is 3.35. The first-order valence-electron chi connectivity index (χ1n) is 8.96. The molecule has 4 nitrogen and oxygen atoms in total. The monoisotopic (exact) mass is 370 g/mol. The van der Waals surface area contributed by atoms with Crippen LogP contribution in [0.1, 0.15) is 35.2 Å². The third kappa shape index (κ3) is 4.44. The maximum absolute atomic E-state index is 13.1. The minimum absolute atomic E-state index is 0.0133. The van der Waals surface area contributed by atoms with E-state index in [-0.39, 0.29) is 18.4 Å². The highest BCUT2D eigenvalue weighted by atomic mass is 35.5. The highest BCUT2D eigenvalue weighted by Crippen LogP contribution is 2.21.